The number of aryl methyl sites for hydroxylation is 3. The number of nitrogens with one attached hydrogen (secondary N) is 2. The van der Waals surface area contributed by atoms with E-state index in [2.05, 4.69) is 24.4 Å². The molecule has 0 fully saturated rings. The molecular formula is C18H24ClN2OS+. The Hall–Kier alpha value is -1.36. The molecule has 1 aromatic carbocycles. The van der Waals surface area contributed by atoms with Crippen LogP contribution in [0.3, 0.4) is 0 Å². The van der Waals surface area contributed by atoms with Crippen LogP contribution in [-0.2, 0) is 11.3 Å². The summed E-state index contributed by atoms with van der Waals surface area (Å²) in [6.07, 6.45) is 0. The van der Waals surface area contributed by atoms with Crippen molar-refractivity contribution in [3.63, 3.8) is 0 Å². The average molecular weight is 352 g/mol. The summed E-state index contributed by atoms with van der Waals surface area (Å²) in [4.78, 5) is 14.9. The third-order valence-corrected chi connectivity index (χ3v) is 5.37. The van der Waals surface area contributed by atoms with Crippen LogP contribution in [0.1, 0.15) is 28.5 Å². The number of halogens is 1. The Labute approximate surface area is 147 Å². The molecule has 0 bridgehead atoms. The van der Waals surface area contributed by atoms with Crippen LogP contribution < -0.4 is 10.2 Å². The number of quaternary nitrogens is 1. The lowest BCUT2D eigenvalue weighted by atomic mass is 10.0. The second kappa shape index (κ2) is 7.47. The van der Waals surface area contributed by atoms with Gasteiger partial charge in [-0.25, -0.2) is 0 Å². The Kier molecular flexibility index (Phi) is 5.84. The van der Waals surface area contributed by atoms with Gasteiger partial charge in [0.25, 0.3) is 5.91 Å². The van der Waals surface area contributed by atoms with Crippen molar-refractivity contribution in [3.05, 3.63) is 50.2 Å². The number of hydrogen-bond donors (Lipinski definition) is 2. The zero-order valence-corrected chi connectivity index (χ0v) is 15.9. The fraction of sp³-hybridized carbons (Fsp3) is 0.389. The quantitative estimate of drug-likeness (QED) is 0.850. The normalized spacial score (nSPS) is 13.7. The third-order valence-electron chi connectivity index (χ3n) is 4.14. The van der Waals surface area contributed by atoms with Crippen molar-refractivity contribution in [2.24, 2.45) is 0 Å². The number of hydrogen-bond acceptors (Lipinski definition) is 2. The maximum Gasteiger partial charge on any atom is 0.282 e. The standard InChI is InChI=1S/C18H23ClN2OS/c1-11-8-12(2)17(13(3)9-11)20-18(22)14(4)21(5)10-15-6-7-16(19)23-15/h6-9,14H,10H2,1-5H3,(H,20,22)/p+1/t14-/m0/s1. The minimum absolute atomic E-state index is 0.0419. The fourth-order valence-corrected chi connectivity index (χ4v) is 3.89. The lowest BCUT2D eigenvalue weighted by molar-refractivity contribution is -0.907. The highest BCUT2D eigenvalue weighted by Gasteiger charge is 2.23. The van der Waals surface area contributed by atoms with Crippen molar-refractivity contribution < 1.29 is 9.69 Å². The van der Waals surface area contributed by atoms with E-state index in [1.54, 1.807) is 11.3 Å². The van der Waals surface area contributed by atoms with E-state index in [9.17, 15) is 4.79 Å². The highest BCUT2D eigenvalue weighted by atomic mass is 35.5. The van der Waals surface area contributed by atoms with E-state index in [4.69, 9.17) is 11.6 Å². The van der Waals surface area contributed by atoms with Gasteiger partial charge in [0.05, 0.1) is 16.3 Å². The van der Waals surface area contributed by atoms with Crippen molar-refractivity contribution in [1.29, 1.82) is 0 Å². The van der Waals surface area contributed by atoms with Crippen LogP contribution in [0.4, 0.5) is 5.69 Å². The van der Waals surface area contributed by atoms with E-state index in [0.717, 1.165) is 32.6 Å². The topological polar surface area (TPSA) is 33.5 Å². The van der Waals surface area contributed by atoms with Crippen molar-refractivity contribution in [1.82, 2.24) is 0 Å². The van der Waals surface area contributed by atoms with Gasteiger partial charge in [0.15, 0.2) is 6.04 Å². The molecule has 2 N–H and O–H groups in total. The van der Waals surface area contributed by atoms with E-state index >= 15 is 0 Å². The lowest BCUT2D eigenvalue weighted by Gasteiger charge is -2.21. The Morgan fingerprint density at radius 3 is 2.39 bits per heavy atom. The van der Waals surface area contributed by atoms with Gasteiger partial charge in [-0.15, -0.1) is 11.3 Å². The van der Waals surface area contributed by atoms with Gasteiger partial charge < -0.3 is 10.2 Å². The first-order chi connectivity index (χ1) is 10.8. The molecule has 1 unspecified atom stereocenters. The Balaban J connectivity index is 2.05. The molecule has 0 aliphatic carbocycles. The Morgan fingerprint density at radius 2 is 1.87 bits per heavy atom. The van der Waals surface area contributed by atoms with Crippen LogP contribution in [0.2, 0.25) is 4.34 Å². The molecule has 124 valence electrons. The van der Waals surface area contributed by atoms with Gasteiger partial charge in [-0.3, -0.25) is 4.79 Å². The summed E-state index contributed by atoms with van der Waals surface area (Å²) in [6, 6.07) is 7.97. The Morgan fingerprint density at radius 1 is 1.26 bits per heavy atom. The minimum atomic E-state index is -0.143. The van der Waals surface area contributed by atoms with E-state index in [-0.39, 0.29) is 11.9 Å². The molecule has 1 heterocycles. The molecule has 23 heavy (non-hydrogen) atoms. The molecule has 5 heteroatoms. The molecule has 1 aromatic heterocycles. The summed E-state index contributed by atoms with van der Waals surface area (Å²) in [5.74, 6) is 0.0419. The van der Waals surface area contributed by atoms with Crippen LogP contribution in [0.25, 0.3) is 0 Å². The summed E-state index contributed by atoms with van der Waals surface area (Å²) >= 11 is 7.54. The zero-order valence-electron chi connectivity index (χ0n) is 14.3. The van der Waals surface area contributed by atoms with Crippen molar-refractivity contribution in [3.8, 4) is 0 Å². The van der Waals surface area contributed by atoms with Crippen LogP contribution in [0.5, 0.6) is 0 Å². The fourth-order valence-electron chi connectivity index (χ4n) is 2.71. The van der Waals surface area contributed by atoms with E-state index in [0.29, 0.717) is 0 Å². The molecule has 1 amide bonds. The molecule has 0 radical (unpaired) electrons. The highest BCUT2D eigenvalue weighted by Crippen LogP contribution is 2.22. The van der Waals surface area contributed by atoms with Gasteiger partial charge in [0, 0.05) is 5.69 Å². The maximum atomic E-state index is 12.6. The number of anilines is 1. The van der Waals surface area contributed by atoms with Gasteiger partial charge in [-0.2, -0.15) is 0 Å². The smallest absolute Gasteiger partial charge is 0.282 e. The summed E-state index contributed by atoms with van der Waals surface area (Å²) in [6.45, 7) is 8.88. The number of rotatable bonds is 5. The number of carbonyl (C=O) groups excluding carboxylic acids is 1. The van der Waals surface area contributed by atoms with Gasteiger partial charge in [0.1, 0.15) is 6.54 Å². The number of carbonyl (C=O) groups is 1. The zero-order chi connectivity index (χ0) is 17.1. The number of amides is 1. The monoisotopic (exact) mass is 351 g/mol. The van der Waals surface area contributed by atoms with Gasteiger partial charge in [-0.1, -0.05) is 29.3 Å². The summed E-state index contributed by atoms with van der Waals surface area (Å²) in [5.41, 5.74) is 4.35. The molecule has 0 saturated carbocycles. The highest BCUT2D eigenvalue weighted by molar-refractivity contribution is 7.16. The third kappa shape index (κ3) is 4.56. The van der Waals surface area contributed by atoms with Gasteiger partial charge in [-0.05, 0) is 51.0 Å². The van der Waals surface area contributed by atoms with E-state index < -0.39 is 0 Å². The molecule has 3 nitrogen and oxygen atoms in total. The largest absolute Gasteiger partial charge is 0.323 e. The van der Waals surface area contributed by atoms with Crippen LogP contribution in [0.15, 0.2) is 24.3 Å². The minimum Gasteiger partial charge on any atom is -0.323 e. The molecule has 2 rings (SSSR count). The number of likely N-dealkylation sites (N-methyl/N-ethyl adjacent to an activating group) is 1. The van der Waals surface area contributed by atoms with Crippen LogP contribution in [0, 0.1) is 20.8 Å². The molecule has 0 spiro atoms. The summed E-state index contributed by atoms with van der Waals surface area (Å²) in [5, 5.41) is 3.09. The van der Waals surface area contributed by atoms with Crippen molar-refractivity contribution in [2.75, 3.05) is 12.4 Å². The summed E-state index contributed by atoms with van der Waals surface area (Å²) in [7, 11) is 2.03. The van der Waals surface area contributed by atoms with Crippen LogP contribution >= 0.6 is 22.9 Å². The predicted molar refractivity (Wildman–Crippen MR) is 98.7 cm³/mol. The Bertz CT molecular complexity index is 688. The molecule has 0 saturated heterocycles. The molecular weight excluding hydrogens is 328 g/mol. The molecule has 2 aromatic rings. The second-order valence-corrected chi connectivity index (χ2v) is 8.01. The maximum absolute atomic E-state index is 12.6. The van der Waals surface area contributed by atoms with Crippen molar-refractivity contribution >= 4 is 34.5 Å². The number of benzene rings is 1. The predicted octanol–water partition coefficient (Wildman–Crippen LogP) is 3.37. The van der Waals surface area contributed by atoms with Gasteiger partial charge >= 0.3 is 0 Å². The summed E-state index contributed by atoms with van der Waals surface area (Å²) < 4.78 is 0.788. The van der Waals surface area contributed by atoms with Crippen LogP contribution in [-0.4, -0.2) is 19.0 Å². The SMILES string of the molecule is Cc1cc(C)c(NC(=O)[C@H](C)[NH+](C)Cc2ccc(Cl)s2)c(C)c1. The number of thiophene rings is 1. The van der Waals surface area contributed by atoms with E-state index in [1.165, 1.54) is 10.4 Å². The first-order valence-corrected chi connectivity index (χ1v) is 8.92. The lowest BCUT2D eigenvalue weighted by Crippen LogP contribution is -3.12. The molecule has 2 atom stereocenters. The first kappa shape index (κ1) is 18.0. The average Bonchev–Trinajstić information content (AvgIpc) is 2.86. The molecule has 0 aliphatic rings. The van der Waals surface area contributed by atoms with Crippen molar-refractivity contribution in [2.45, 2.75) is 40.3 Å². The first-order valence-electron chi connectivity index (χ1n) is 7.73. The second-order valence-electron chi connectivity index (χ2n) is 6.21. The van der Waals surface area contributed by atoms with Gasteiger partial charge in [0.2, 0.25) is 0 Å². The van der Waals surface area contributed by atoms with E-state index in [1.807, 2.05) is 40.0 Å². The molecule has 0 aliphatic heterocycles.